The van der Waals surface area contributed by atoms with Gasteiger partial charge in [-0.15, -0.1) is 24.8 Å². The van der Waals surface area contributed by atoms with Gasteiger partial charge in [-0.2, -0.15) is 0 Å². The second kappa shape index (κ2) is 8.50. The number of ether oxygens (including phenoxy) is 1. The van der Waals surface area contributed by atoms with E-state index in [-0.39, 0.29) is 24.8 Å². The Labute approximate surface area is 202 Å². The van der Waals surface area contributed by atoms with Gasteiger partial charge in [0.1, 0.15) is 0 Å². The van der Waals surface area contributed by atoms with Crippen LogP contribution in [0.25, 0.3) is 16.8 Å². The number of fused-ring (bicyclic) bond motifs is 3. The van der Waals surface area contributed by atoms with Crippen molar-refractivity contribution >= 4 is 41.6 Å². The SMILES string of the molecule is Cl.Cl.c1ccc2c(c1)n(CCN1CCOCC1)c1nc(C34CC5CC(CC(C5)C3)C4)cn21. The predicted molar refractivity (Wildman–Crippen MR) is 132 cm³/mol. The lowest BCUT2D eigenvalue weighted by Crippen LogP contribution is -2.48. The van der Waals surface area contributed by atoms with Gasteiger partial charge >= 0.3 is 0 Å². The van der Waals surface area contributed by atoms with Crippen LogP contribution in [0.3, 0.4) is 0 Å². The van der Waals surface area contributed by atoms with Crippen molar-refractivity contribution in [2.45, 2.75) is 50.5 Å². The molecule has 2 aromatic heterocycles. The summed E-state index contributed by atoms with van der Waals surface area (Å²) in [5.74, 6) is 4.02. The summed E-state index contributed by atoms with van der Waals surface area (Å²) in [5.41, 5.74) is 4.36. The molecule has 5 nitrogen and oxygen atoms in total. The van der Waals surface area contributed by atoms with Crippen LogP contribution in [0.2, 0.25) is 0 Å². The van der Waals surface area contributed by atoms with E-state index in [1.807, 2.05) is 0 Å². The molecule has 3 heterocycles. The van der Waals surface area contributed by atoms with Crippen molar-refractivity contribution in [3.63, 3.8) is 0 Å². The number of aromatic nitrogens is 3. The minimum atomic E-state index is 0. The Balaban J connectivity index is 0.00000108. The van der Waals surface area contributed by atoms with E-state index in [9.17, 15) is 0 Å². The third-order valence-corrected chi connectivity index (χ3v) is 8.69. The number of rotatable bonds is 4. The fraction of sp³-hybridized carbons (Fsp3) is 0.640. The zero-order valence-corrected chi connectivity index (χ0v) is 20.3. The minimum Gasteiger partial charge on any atom is -0.379 e. The van der Waals surface area contributed by atoms with Crippen molar-refractivity contribution in [1.29, 1.82) is 0 Å². The number of imidazole rings is 2. The summed E-state index contributed by atoms with van der Waals surface area (Å²) in [7, 11) is 0. The van der Waals surface area contributed by atoms with E-state index in [2.05, 4.69) is 44.3 Å². The fourth-order valence-corrected chi connectivity index (χ4v) is 7.71. The number of hydrogen-bond acceptors (Lipinski definition) is 3. The van der Waals surface area contributed by atoms with E-state index in [1.165, 1.54) is 55.3 Å². The first kappa shape index (κ1) is 22.5. The van der Waals surface area contributed by atoms with Crippen LogP contribution in [0.4, 0.5) is 0 Å². The number of morpholine rings is 1. The average Bonchev–Trinajstić information content (AvgIpc) is 3.31. The molecule has 0 atom stereocenters. The molecule has 0 unspecified atom stereocenters. The van der Waals surface area contributed by atoms with Crippen LogP contribution in [-0.4, -0.2) is 51.7 Å². The summed E-state index contributed by atoms with van der Waals surface area (Å²) >= 11 is 0. The normalized spacial score (nSPS) is 31.7. The maximum atomic E-state index is 5.53. The van der Waals surface area contributed by atoms with Crippen molar-refractivity contribution in [3.8, 4) is 0 Å². The van der Waals surface area contributed by atoms with Crippen molar-refractivity contribution < 1.29 is 4.74 Å². The Bertz CT molecular complexity index is 1060. The smallest absolute Gasteiger partial charge is 0.215 e. The quantitative estimate of drug-likeness (QED) is 0.535. The summed E-state index contributed by atoms with van der Waals surface area (Å²) in [6.07, 6.45) is 11.0. The molecule has 1 aromatic carbocycles. The van der Waals surface area contributed by atoms with Crippen molar-refractivity contribution in [2.75, 3.05) is 32.8 Å². The van der Waals surface area contributed by atoms with Crippen LogP contribution in [0.15, 0.2) is 30.5 Å². The van der Waals surface area contributed by atoms with Gasteiger partial charge in [-0.05, 0) is 68.4 Å². The maximum Gasteiger partial charge on any atom is 0.215 e. The van der Waals surface area contributed by atoms with Gasteiger partial charge < -0.3 is 9.30 Å². The van der Waals surface area contributed by atoms with Gasteiger partial charge in [0, 0.05) is 37.8 Å². The molecule has 0 spiro atoms. The Hall–Kier alpha value is -1.27. The fourth-order valence-electron chi connectivity index (χ4n) is 7.71. The van der Waals surface area contributed by atoms with Gasteiger partial charge in [0.2, 0.25) is 5.78 Å². The first-order valence-corrected chi connectivity index (χ1v) is 12.0. The molecule has 4 saturated carbocycles. The topological polar surface area (TPSA) is 34.7 Å². The average molecular weight is 477 g/mol. The van der Waals surface area contributed by atoms with Crippen LogP contribution in [0, 0.1) is 17.8 Å². The summed E-state index contributed by atoms with van der Waals surface area (Å²) in [6.45, 7) is 5.87. The first-order valence-electron chi connectivity index (χ1n) is 12.0. The molecule has 4 aliphatic carbocycles. The van der Waals surface area contributed by atoms with Crippen LogP contribution < -0.4 is 0 Å². The molecule has 7 heteroatoms. The van der Waals surface area contributed by atoms with E-state index in [4.69, 9.17) is 9.72 Å². The van der Waals surface area contributed by atoms with E-state index >= 15 is 0 Å². The van der Waals surface area contributed by atoms with Crippen LogP contribution in [0.5, 0.6) is 0 Å². The molecule has 0 amide bonds. The van der Waals surface area contributed by atoms with E-state index < -0.39 is 0 Å². The molecule has 1 aliphatic heterocycles. The van der Waals surface area contributed by atoms with E-state index in [0.717, 1.165) is 62.9 Å². The Morgan fingerprint density at radius 3 is 2.16 bits per heavy atom. The number of para-hydroxylation sites is 2. The highest BCUT2D eigenvalue weighted by molar-refractivity contribution is 5.85. The van der Waals surface area contributed by atoms with Gasteiger partial charge in [-0.3, -0.25) is 9.30 Å². The maximum absolute atomic E-state index is 5.53. The van der Waals surface area contributed by atoms with Gasteiger partial charge in [-0.1, -0.05) is 12.1 Å². The summed E-state index contributed by atoms with van der Waals surface area (Å²) in [5, 5.41) is 0. The molecule has 5 fully saturated rings. The molecule has 0 radical (unpaired) electrons. The lowest BCUT2D eigenvalue weighted by molar-refractivity contribution is -0.00698. The van der Waals surface area contributed by atoms with Crippen molar-refractivity contribution in [3.05, 3.63) is 36.2 Å². The van der Waals surface area contributed by atoms with E-state index in [1.54, 1.807) is 0 Å². The Morgan fingerprint density at radius 1 is 0.875 bits per heavy atom. The third kappa shape index (κ3) is 3.48. The Kier molecular flexibility index (Phi) is 5.98. The highest BCUT2D eigenvalue weighted by atomic mass is 35.5. The summed E-state index contributed by atoms with van der Waals surface area (Å²) < 4.78 is 10.4. The Morgan fingerprint density at radius 2 is 1.50 bits per heavy atom. The first-order chi connectivity index (χ1) is 14.8. The van der Waals surface area contributed by atoms with E-state index in [0.29, 0.717) is 5.41 Å². The second-order valence-electron chi connectivity index (χ2n) is 10.6. The van der Waals surface area contributed by atoms with Crippen molar-refractivity contribution in [2.24, 2.45) is 17.8 Å². The summed E-state index contributed by atoms with van der Waals surface area (Å²) in [6, 6.07) is 8.85. The zero-order chi connectivity index (χ0) is 19.7. The number of halogens is 2. The molecular weight excluding hydrogens is 443 g/mol. The monoisotopic (exact) mass is 476 g/mol. The number of benzene rings is 1. The van der Waals surface area contributed by atoms with Gasteiger partial charge in [0.15, 0.2) is 0 Å². The number of hydrogen-bond donors (Lipinski definition) is 0. The standard InChI is InChI=1S/C25H32N4O.2ClH/c1-2-4-22-21(3-1)28(6-5-27-7-9-30-10-8-27)24-26-23(17-29(22)24)25-14-18-11-19(15-25)13-20(12-18)16-25;;/h1-4,17-20H,5-16H2;2*1H. The molecule has 5 aliphatic rings. The van der Waals surface area contributed by atoms with Gasteiger partial charge in [-0.25, -0.2) is 4.98 Å². The molecule has 1 saturated heterocycles. The lowest BCUT2D eigenvalue weighted by atomic mass is 9.49. The summed E-state index contributed by atoms with van der Waals surface area (Å²) in [4.78, 5) is 7.91. The zero-order valence-electron chi connectivity index (χ0n) is 18.6. The molecule has 174 valence electrons. The molecule has 8 rings (SSSR count). The van der Waals surface area contributed by atoms with Crippen LogP contribution in [0.1, 0.15) is 44.2 Å². The second-order valence-corrected chi connectivity index (χ2v) is 10.6. The predicted octanol–water partition coefficient (Wildman–Crippen LogP) is 4.93. The van der Waals surface area contributed by atoms with Gasteiger partial charge in [0.05, 0.1) is 29.9 Å². The van der Waals surface area contributed by atoms with Crippen LogP contribution >= 0.6 is 24.8 Å². The third-order valence-electron chi connectivity index (χ3n) is 8.69. The largest absolute Gasteiger partial charge is 0.379 e. The molecular formula is C25H34Cl2N4O. The highest BCUT2D eigenvalue weighted by Crippen LogP contribution is 2.60. The van der Waals surface area contributed by atoms with Crippen molar-refractivity contribution in [1.82, 2.24) is 18.9 Å². The molecule has 32 heavy (non-hydrogen) atoms. The van der Waals surface area contributed by atoms with Crippen LogP contribution in [-0.2, 0) is 16.7 Å². The molecule has 4 bridgehead atoms. The molecule has 0 N–H and O–H groups in total. The lowest BCUT2D eigenvalue weighted by Gasteiger charge is -2.56. The van der Waals surface area contributed by atoms with Gasteiger partial charge in [0.25, 0.3) is 0 Å². The minimum absolute atomic E-state index is 0. The molecule has 3 aromatic rings. The number of nitrogens with zero attached hydrogens (tertiary/aromatic N) is 4. The highest BCUT2D eigenvalue weighted by Gasteiger charge is 2.52.